The lowest BCUT2D eigenvalue weighted by Gasteiger charge is -2.36. The minimum absolute atomic E-state index is 0. The summed E-state index contributed by atoms with van der Waals surface area (Å²) in [6.45, 7) is 5.33. The van der Waals surface area contributed by atoms with Crippen LogP contribution >= 0.6 is 36.6 Å². The lowest BCUT2D eigenvalue weighted by molar-refractivity contribution is -0.124. The predicted octanol–water partition coefficient (Wildman–Crippen LogP) is 2.75. The number of carbonyl (C=O) groups is 2. The van der Waals surface area contributed by atoms with Gasteiger partial charge in [0.1, 0.15) is 5.75 Å². The van der Waals surface area contributed by atoms with E-state index < -0.39 is 0 Å². The number of rotatable bonds is 6. The minimum atomic E-state index is -0.0963. The van der Waals surface area contributed by atoms with Crippen molar-refractivity contribution in [1.82, 2.24) is 9.80 Å². The molecule has 2 saturated heterocycles. The smallest absolute Gasteiger partial charge is 0.288 e. The number of benzene rings is 1. The molecule has 0 aromatic heterocycles. The first-order valence-corrected chi connectivity index (χ1v) is 9.25. The lowest BCUT2D eigenvalue weighted by atomic mass is 10.2. The number of hydrogen-bond acceptors (Lipinski definition) is 6. The zero-order valence-electron chi connectivity index (χ0n) is 14.8. The molecule has 2 fully saturated rings. The number of halogens is 2. The molecule has 9 heteroatoms. The Bertz CT molecular complexity index is 597. The fourth-order valence-corrected chi connectivity index (χ4v) is 3.90. The molecule has 2 heterocycles. The number of piperazine rings is 1. The maximum absolute atomic E-state index is 11.6. The molecule has 0 spiro atoms. The molecule has 0 radical (unpaired) electrons. The highest BCUT2D eigenvalue weighted by Gasteiger charge is 2.29. The van der Waals surface area contributed by atoms with E-state index in [9.17, 15) is 9.59 Å². The third-order valence-electron chi connectivity index (χ3n) is 4.49. The fourth-order valence-electron chi connectivity index (χ4n) is 3.15. The Balaban J connectivity index is 0.00000169. The Morgan fingerprint density at radius 3 is 2.35 bits per heavy atom. The maximum Gasteiger partial charge on any atom is 0.288 e. The topological polar surface area (TPSA) is 53.1 Å². The van der Waals surface area contributed by atoms with E-state index in [2.05, 4.69) is 15.9 Å². The monoisotopic (exact) mass is 421 g/mol. The molecule has 1 aromatic rings. The van der Waals surface area contributed by atoms with Crippen molar-refractivity contribution in [3.05, 3.63) is 24.3 Å². The van der Waals surface area contributed by atoms with Crippen LogP contribution in [0.1, 0.15) is 6.42 Å². The first kappa shape index (κ1) is 22.9. The van der Waals surface area contributed by atoms with Gasteiger partial charge in [-0.25, -0.2) is 0 Å². The Morgan fingerprint density at radius 1 is 1.04 bits per heavy atom. The van der Waals surface area contributed by atoms with Crippen LogP contribution in [-0.4, -0.2) is 73.1 Å². The van der Waals surface area contributed by atoms with Crippen molar-refractivity contribution in [3.63, 3.8) is 0 Å². The number of para-hydroxylation sites is 2. The largest absolute Gasteiger partial charge is 0.495 e. The Kier molecular flexibility index (Phi) is 9.57. The summed E-state index contributed by atoms with van der Waals surface area (Å²) in [5, 5.41) is -0.0963. The van der Waals surface area contributed by atoms with Gasteiger partial charge in [0.15, 0.2) is 0 Å². The van der Waals surface area contributed by atoms with E-state index in [1.165, 1.54) is 4.90 Å². The second-order valence-electron chi connectivity index (χ2n) is 5.95. The molecule has 0 N–H and O–H groups in total. The van der Waals surface area contributed by atoms with E-state index in [1.54, 1.807) is 7.11 Å². The Hall–Kier alpha value is -1.15. The average Bonchev–Trinajstić information content (AvgIpc) is 2.94. The standard InChI is InChI=1S/C17H23N3O3S.2ClH/c1-23-15-6-3-2-5-14(15)19-11-9-18(10-12-19)7-4-8-20-16(21)13-24-17(20)22;;/h2-3,5-6H,4,7-13H2,1H3;2*1H. The molecule has 2 aliphatic rings. The number of thioether (sulfide) groups is 1. The number of amides is 2. The molecule has 2 amide bonds. The first-order chi connectivity index (χ1) is 11.7. The van der Waals surface area contributed by atoms with Crippen LogP contribution in [0.4, 0.5) is 10.5 Å². The van der Waals surface area contributed by atoms with Gasteiger partial charge in [-0.1, -0.05) is 23.9 Å². The average molecular weight is 422 g/mol. The number of methoxy groups -OCH3 is 1. The summed E-state index contributed by atoms with van der Waals surface area (Å²) < 4.78 is 5.44. The first-order valence-electron chi connectivity index (χ1n) is 8.26. The quantitative estimate of drug-likeness (QED) is 0.703. The summed E-state index contributed by atoms with van der Waals surface area (Å²) in [5.74, 6) is 1.16. The van der Waals surface area contributed by atoms with Gasteiger partial charge in [-0.15, -0.1) is 24.8 Å². The van der Waals surface area contributed by atoms with Crippen molar-refractivity contribution in [2.24, 2.45) is 0 Å². The van der Waals surface area contributed by atoms with Gasteiger partial charge in [-0.3, -0.25) is 19.4 Å². The van der Waals surface area contributed by atoms with E-state index in [0.717, 1.165) is 62.3 Å². The van der Waals surface area contributed by atoms with E-state index >= 15 is 0 Å². The molecule has 26 heavy (non-hydrogen) atoms. The molecular weight excluding hydrogens is 397 g/mol. The number of anilines is 1. The number of hydrogen-bond donors (Lipinski definition) is 0. The summed E-state index contributed by atoms with van der Waals surface area (Å²) >= 11 is 1.11. The lowest BCUT2D eigenvalue weighted by Crippen LogP contribution is -2.47. The van der Waals surface area contributed by atoms with Crippen LogP contribution < -0.4 is 9.64 Å². The second-order valence-corrected chi connectivity index (χ2v) is 6.88. The molecule has 146 valence electrons. The number of ether oxygens (including phenoxy) is 1. The molecule has 0 atom stereocenters. The van der Waals surface area contributed by atoms with E-state index in [4.69, 9.17) is 4.74 Å². The summed E-state index contributed by atoms with van der Waals surface area (Å²) in [6.07, 6.45) is 0.840. The number of imide groups is 1. The van der Waals surface area contributed by atoms with Crippen LogP contribution in [0.3, 0.4) is 0 Å². The van der Waals surface area contributed by atoms with E-state index in [0.29, 0.717) is 12.3 Å². The molecule has 1 aromatic carbocycles. The van der Waals surface area contributed by atoms with Crippen molar-refractivity contribution >= 4 is 53.4 Å². The highest BCUT2D eigenvalue weighted by molar-refractivity contribution is 8.14. The van der Waals surface area contributed by atoms with Gasteiger partial charge in [-0.05, 0) is 25.1 Å². The molecule has 0 aliphatic carbocycles. The van der Waals surface area contributed by atoms with Crippen LogP contribution in [-0.2, 0) is 4.79 Å². The predicted molar refractivity (Wildman–Crippen MR) is 110 cm³/mol. The molecule has 3 rings (SSSR count). The van der Waals surface area contributed by atoms with Crippen LogP contribution in [0.25, 0.3) is 0 Å². The van der Waals surface area contributed by atoms with Crippen LogP contribution in [0.2, 0.25) is 0 Å². The molecule has 2 aliphatic heterocycles. The maximum atomic E-state index is 11.6. The van der Waals surface area contributed by atoms with Gasteiger partial charge in [0.2, 0.25) is 5.91 Å². The fraction of sp³-hybridized carbons (Fsp3) is 0.529. The van der Waals surface area contributed by atoms with Gasteiger partial charge < -0.3 is 9.64 Å². The molecule has 6 nitrogen and oxygen atoms in total. The normalized spacial score (nSPS) is 17.7. The van der Waals surface area contributed by atoms with E-state index in [-0.39, 0.29) is 36.0 Å². The van der Waals surface area contributed by atoms with Crippen LogP contribution in [0.15, 0.2) is 24.3 Å². The van der Waals surface area contributed by atoms with E-state index in [1.807, 2.05) is 18.2 Å². The molecule has 0 bridgehead atoms. The van der Waals surface area contributed by atoms with Gasteiger partial charge in [-0.2, -0.15) is 0 Å². The summed E-state index contributed by atoms with van der Waals surface area (Å²) in [7, 11) is 1.70. The highest BCUT2D eigenvalue weighted by Crippen LogP contribution is 2.28. The molecular formula is C17H25Cl2N3O3S. The van der Waals surface area contributed by atoms with Crippen LogP contribution in [0.5, 0.6) is 5.75 Å². The summed E-state index contributed by atoms with van der Waals surface area (Å²) in [6, 6.07) is 8.10. The van der Waals surface area contributed by atoms with Crippen LogP contribution in [0, 0.1) is 0 Å². The number of carbonyl (C=O) groups excluding carboxylic acids is 2. The SMILES string of the molecule is COc1ccccc1N1CCN(CCCN2C(=O)CSC2=O)CC1.Cl.Cl. The van der Waals surface area contributed by atoms with Crippen molar-refractivity contribution in [2.75, 3.05) is 57.0 Å². The Labute approximate surface area is 171 Å². The van der Waals surface area contributed by atoms with Gasteiger partial charge in [0.25, 0.3) is 5.24 Å². The van der Waals surface area contributed by atoms with Crippen molar-refractivity contribution in [2.45, 2.75) is 6.42 Å². The third kappa shape index (κ3) is 5.42. The Morgan fingerprint density at radius 2 is 1.73 bits per heavy atom. The van der Waals surface area contributed by atoms with Crippen molar-refractivity contribution < 1.29 is 14.3 Å². The van der Waals surface area contributed by atoms with Gasteiger partial charge in [0.05, 0.1) is 18.6 Å². The molecule has 0 saturated carbocycles. The third-order valence-corrected chi connectivity index (χ3v) is 5.35. The minimum Gasteiger partial charge on any atom is -0.495 e. The number of nitrogens with zero attached hydrogens (tertiary/aromatic N) is 3. The second kappa shape index (κ2) is 10.9. The molecule has 0 unspecified atom stereocenters. The van der Waals surface area contributed by atoms with Gasteiger partial charge in [0, 0.05) is 32.7 Å². The summed E-state index contributed by atoms with van der Waals surface area (Å²) in [4.78, 5) is 29.3. The van der Waals surface area contributed by atoms with Crippen molar-refractivity contribution in [1.29, 1.82) is 0 Å². The summed E-state index contributed by atoms with van der Waals surface area (Å²) in [5.41, 5.74) is 1.14. The van der Waals surface area contributed by atoms with Gasteiger partial charge >= 0.3 is 0 Å². The zero-order chi connectivity index (χ0) is 16.9. The van der Waals surface area contributed by atoms with Crippen molar-refractivity contribution in [3.8, 4) is 5.75 Å². The highest BCUT2D eigenvalue weighted by atomic mass is 35.5. The zero-order valence-corrected chi connectivity index (χ0v) is 17.2.